The van der Waals surface area contributed by atoms with E-state index in [0.29, 0.717) is 17.0 Å². The molecule has 3 N–H and O–H groups in total. The summed E-state index contributed by atoms with van der Waals surface area (Å²) in [5.74, 6) is 2.30. The molecule has 2 aliphatic carbocycles. The number of halogens is 1. The molecule has 0 saturated heterocycles. The summed E-state index contributed by atoms with van der Waals surface area (Å²) in [6.07, 6.45) is 12.7. The largest absolute Gasteiger partial charge is 0.328 e. The van der Waals surface area contributed by atoms with Crippen LogP contribution in [-0.4, -0.2) is 26.2 Å². The zero-order valence-electron chi connectivity index (χ0n) is 13.8. The Hall–Kier alpha value is -1.46. The summed E-state index contributed by atoms with van der Waals surface area (Å²) >= 11 is 6.39. The number of hydrogen-bond acceptors (Lipinski definition) is 4. The lowest BCUT2D eigenvalue weighted by Crippen LogP contribution is -2.27. The number of hydrogen-bond donors (Lipinski definition) is 2. The van der Waals surface area contributed by atoms with Crippen LogP contribution in [0.1, 0.15) is 50.0 Å². The maximum atomic E-state index is 6.39. The second-order valence-corrected chi connectivity index (χ2v) is 7.78. The second-order valence-electron chi connectivity index (χ2n) is 7.38. The van der Waals surface area contributed by atoms with Gasteiger partial charge < -0.3 is 5.73 Å². The lowest BCUT2D eigenvalue weighted by molar-refractivity contribution is 0.321. The van der Waals surface area contributed by atoms with Crippen LogP contribution in [0.5, 0.6) is 0 Å². The zero-order chi connectivity index (χ0) is 16.5. The summed E-state index contributed by atoms with van der Waals surface area (Å²) in [6, 6.07) is 0.374. The molecule has 0 bridgehead atoms. The zero-order valence-corrected chi connectivity index (χ0v) is 14.6. The van der Waals surface area contributed by atoms with Crippen LogP contribution in [0, 0.1) is 11.8 Å². The lowest BCUT2D eigenvalue weighted by atomic mass is 9.84. The van der Waals surface area contributed by atoms with Gasteiger partial charge in [-0.3, -0.25) is 5.10 Å². The number of nitrogens with zero attached hydrogens (tertiary/aromatic N) is 3. The molecule has 128 valence electrons. The van der Waals surface area contributed by atoms with Crippen molar-refractivity contribution in [3.8, 4) is 11.3 Å². The summed E-state index contributed by atoms with van der Waals surface area (Å²) < 4.78 is 0. The molecule has 0 amide bonds. The monoisotopic (exact) mass is 345 g/mol. The van der Waals surface area contributed by atoms with Crippen LogP contribution in [0.4, 0.5) is 0 Å². The van der Waals surface area contributed by atoms with Crippen molar-refractivity contribution >= 4 is 11.6 Å². The smallest absolute Gasteiger partial charge is 0.129 e. The highest BCUT2D eigenvalue weighted by Crippen LogP contribution is 2.36. The topological polar surface area (TPSA) is 80.5 Å². The fourth-order valence-corrected chi connectivity index (χ4v) is 3.82. The minimum absolute atomic E-state index is 0.374. The van der Waals surface area contributed by atoms with Gasteiger partial charge in [0.15, 0.2) is 0 Å². The molecule has 0 aromatic carbocycles. The first-order chi connectivity index (χ1) is 11.7. The molecular weight excluding hydrogens is 322 g/mol. The Bertz CT molecular complexity index is 701. The molecule has 0 spiro atoms. The van der Waals surface area contributed by atoms with Crippen molar-refractivity contribution in [1.29, 1.82) is 0 Å². The molecule has 4 rings (SSSR count). The van der Waals surface area contributed by atoms with Crippen LogP contribution in [0.3, 0.4) is 0 Å². The molecule has 2 aromatic heterocycles. The van der Waals surface area contributed by atoms with E-state index >= 15 is 0 Å². The van der Waals surface area contributed by atoms with Crippen LogP contribution in [0.15, 0.2) is 12.4 Å². The van der Waals surface area contributed by atoms with Crippen LogP contribution >= 0.6 is 11.6 Å². The maximum absolute atomic E-state index is 6.39. The van der Waals surface area contributed by atoms with E-state index in [1.807, 2.05) is 6.20 Å². The standard InChI is InChI=1S/C18H24ClN5/c19-15-10-21-17(8-12-3-5-13(20)6-4-12)23-18(15)14-9-22-24-16(14)7-11-1-2-11/h9-13H,1-8,20H2,(H,22,24). The van der Waals surface area contributed by atoms with Crippen molar-refractivity contribution in [2.45, 2.75) is 57.4 Å². The molecule has 2 aliphatic rings. The van der Waals surface area contributed by atoms with Crippen molar-refractivity contribution in [1.82, 2.24) is 20.2 Å². The molecule has 2 heterocycles. The van der Waals surface area contributed by atoms with Crippen molar-refractivity contribution in [2.24, 2.45) is 17.6 Å². The molecule has 2 aromatic rings. The number of aromatic nitrogens is 4. The van der Waals surface area contributed by atoms with E-state index in [4.69, 9.17) is 22.3 Å². The van der Waals surface area contributed by atoms with Gasteiger partial charge in [0, 0.05) is 29.9 Å². The summed E-state index contributed by atoms with van der Waals surface area (Å²) in [5, 5.41) is 7.94. The summed E-state index contributed by atoms with van der Waals surface area (Å²) in [5.41, 5.74) is 8.99. The first-order valence-electron chi connectivity index (χ1n) is 8.98. The average Bonchev–Trinajstić information content (AvgIpc) is 3.28. The maximum Gasteiger partial charge on any atom is 0.129 e. The van der Waals surface area contributed by atoms with Crippen molar-refractivity contribution in [2.75, 3.05) is 0 Å². The highest BCUT2D eigenvalue weighted by Gasteiger charge is 2.25. The third kappa shape index (κ3) is 3.62. The molecule has 24 heavy (non-hydrogen) atoms. The van der Waals surface area contributed by atoms with E-state index in [0.717, 1.165) is 54.4 Å². The number of rotatable bonds is 5. The Morgan fingerprint density at radius 1 is 1.04 bits per heavy atom. The average molecular weight is 346 g/mol. The molecule has 6 heteroatoms. The van der Waals surface area contributed by atoms with Gasteiger partial charge in [-0.25, -0.2) is 9.97 Å². The number of nitrogens with two attached hydrogens (primary N) is 1. The van der Waals surface area contributed by atoms with Crippen molar-refractivity contribution in [3.05, 3.63) is 28.9 Å². The number of H-pyrrole nitrogens is 1. The van der Waals surface area contributed by atoms with Crippen LogP contribution in [-0.2, 0) is 12.8 Å². The van der Waals surface area contributed by atoms with Gasteiger partial charge in [-0.1, -0.05) is 11.6 Å². The molecule has 0 atom stereocenters. The first kappa shape index (κ1) is 16.0. The predicted molar refractivity (Wildman–Crippen MR) is 94.7 cm³/mol. The fraction of sp³-hybridized carbons (Fsp3) is 0.611. The summed E-state index contributed by atoms with van der Waals surface area (Å²) in [6.45, 7) is 0. The fourth-order valence-electron chi connectivity index (χ4n) is 3.62. The van der Waals surface area contributed by atoms with Gasteiger partial charge in [-0.2, -0.15) is 5.10 Å². The minimum atomic E-state index is 0.374. The van der Waals surface area contributed by atoms with E-state index < -0.39 is 0 Å². The third-order valence-corrected chi connectivity index (χ3v) is 5.60. The lowest BCUT2D eigenvalue weighted by Gasteiger charge is -2.25. The summed E-state index contributed by atoms with van der Waals surface area (Å²) in [7, 11) is 0. The van der Waals surface area contributed by atoms with Gasteiger partial charge in [0.2, 0.25) is 0 Å². The number of aromatic amines is 1. The Morgan fingerprint density at radius 2 is 1.75 bits per heavy atom. The van der Waals surface area contributed by atoms with Crippen LogP contribution in [0.25, 0.3) is 11.3 Å². The Morgan fingerprint density at radius 3 is 2.50 bits per heavy atom. The van der Waals surface area contributed by atoms with Gasteiger partial charge in [0.25, 0.3) is 0 Å². The van der Waals surface area contributed by atoms with Crippen molar-refractivity contribution in [3.63, 3.8) is 0 Å². The Balaban J connectivity index is 1.54. The van der Waals surface area contributed by atoms with Crippen molar-refractivity contribution < 1.29 is 0 Å². The van der Waals surface area contributed by atoms with Gasteiger partial charge in [-0.15, -0.1) is 0 Å². The molecule has 2 fully saturated rings. The van der Waals surface area contributed by atoms with E-state index in [2.05, 4.69) is 15.2 Å². The third-order valence-electron chi connectivity index (χ3n) is 5.32. The molecule has 0 aliphatic heterocycles. The first-order valence-corrected chi connectivity index (χ1v) is 9.36. The van der Waals surface area contributed by atoms with E-state index in [9.17, 15) is 0 Å². The van der Waals surface area contributed by atoms with Crippen LogP contribution < -0.4 is 5.73 Å². The minimum Gasteiger partial charge on any atom is -0.328 e. The van der Waals surface area contributed by atoms with E-state index in [-0.39, 0.29) is 0 Å². The normalized spacial score (nSPS) is 24.2. The van der Waals surface area contributed by atoms with E-state index in [1.165, 1.54) is 25.7 Å². The van der Waals surface area contributed by atoms with Gasteiger partial charge in [-0.05, 0) is 56.8 Å². The predicted octanol–water partition coefficient (Wildman–Crippen LogP) is 3.53. The Kier molecular flexibility index (Phi) is 4.55. The van der Waals surface area contributed by atoms with Gasteiger partial charge in [0.05, 0.1) is 16.9 Å². The second kappa shape index (κ2) is 6.81. The van der Waals surface area contributed by atoms with Gasteiger partial charge in [0.1, 0.15) is 5.82 Å². The van der Waals surface area contributed by atoms with E-state index in [1.54, 1.807) is 6.20 Å². The highest BCUT2D eigenvalue weighted by molar-refractivity contribution is 6.32. The molecule has 2 saturated carbocycles. The molecule has 5 nitrogen and oxygen atoms in total. The van der Waals surface area contributed by atoms with Crippen LogP contribution in [0.2, 0.25) is 5.02 Å². The molecule has 0 unspecified atom stereocenters. The SMILES string of the molecule is NC1CCC(Cc2ncc(Cl)c(-c3cn[nH]c3CC3CC3)n2)CC1. The molecular formula is C18H24ClN5. The highest BCUT2D eigenvalue weighted by atomic mass is 35.5. The molecule has 0 radical (unpaired) electrons. The number of nitrogens with one attached hydrogen (secondary N) is 1. The quantitative estimate of drug-likeness (QED) is 0.868. The Labute approximate surface area is 147 Å². The summed E-state index contributed by atoms with van der Waals surface area (Å²) in [4.78, 5) is 9.24. The van der Waals surface area contributed by atoms with Gasteiger partial charge >= 0.3 is 0 Å².